The highest BCUT2D eigenvalue weighted by Gasteiger charge is 2.50. The Morgan fingerprint density at radius 2 is 0.685 bits per heavy atom. The van der Waals surface area contributed by atoms with Crippen molar-refractivity contribution in [2.45, 2.75) is 322 Å². The SMILES string of the molecule is COP(O)(=S)OCCCSC(CC(=O)O)C(=O)NCCCCCC(=O)NCCOc1cc(C(=O)NCCNC(=O)[C@H](CCCCNC(=O)CCCCOC2OC(CO)C(O)C(O)C2NC(C)=O)NC(=O)CCCCOC2OC(CO)C(O)C(O)C2NC(C)=O)cc(C(=O)NCCNC(=O)[C@H](CCCCNC(=O)CCCCOC2OC(CO)C(O)C(O)C2NC(C)=O)NC(=O)CCCCOC2OC(CO)C(O)C(O)C2NC(C)=O)c1. The fourth-order valence-electron chi connectivity index (χ4n) is 15.8. The quantitative estimate of drug-likeness (QED) is 0.0213. The van der Waals surface area contributed by atoms with E-state index >= 15 is 0 Å². The van der Waals surface area contributed by atoms with E-state index in [9.17, 15) is 143 Å². The lowest BCUT2D eigenvalue weighted by molar-refractivity contribution is -0.270. The van der Waals surface area contributed by atoms with E-state index in [4.69, 9.17) is 63.5 Å². The molecule has 149 heavy (non-hydrogen) atoms. The maximum Gasteiger partial charge on any atom is 0.324 e. The van der Waals surface area contributed by atoms with Crippen LogP contribution in [-0.4, -0.2) is 431 Å². The molecular formula is C92H155N14O40PS2. The molecule has 0 spiro atoms. The van der Waals surface area contributed by atoms with Crippen LogP contribution >= 0.6 is 18.5 Å². The molecule has 14 amide bonds. The number of rotatable bonds is 74. The number of carboxylic acid groups (broad SMARTS) is 1. The first-order valence-corrected chi connectivity index (χ1v) is 53.7. The van der Waals surface area contributed by atoms with Crippen molar-refractivity contribution < 1.29 is 195 Å². The van der Waals surface area contributed by atoms with Crippen LogP contribution in [-0.2, 0) is 121 Å². The number of aliphatic hydroxyl groups is 12. The maximum atomic E-state index is 14.2. The van der Waals surface area contributed by atoms with E-state index in [1.54, 1.807) is 0 Å². The largest absolute Gasteiger partial charge is 0.492 e. The lowest BCUT2D eigenvalue weighted by Gasteiger charge is -2.42. The average molecular weight is 2190 g/mol. The average Bonchev–Trinajstić information content (AvgIpc) is 0.824. The highest BCUT2D eigenvalue weighted by Crippen LogP contribution is 2.42. The highest BCUT2D eigenvalue weighted by molar-refractivity contribution is 8.07. The molecule has 0 aromatic heterocycles. The van der Waals surface area contributed by atoms with Gasteiger partial charge < -0.3 is 197 Å². The minimum atomic E-state index is -3.39. The van der Waals surface area contributed by atoms with E-state index in [1.807, 2.05) is 0 Å². The predicted molar refractivity (Wildman–Crippen MR) is 528 cm³/mol. The summed E-state index contributed by atoms with van der Waals surface area (Å²) in [5.74, 6) is -8.71. The number of benzene rings is 1. The summed E-state index contributed by atoms with van der Waals surface area (Å²) in [6.07, 6.45) is -17.9. The third kappa shape index (κ3) is 49.8. The molecule has 5 rings (SSSR count). The number of carboxylic acids is 1. The summed E-state index contributed by atoms with van der Waals surface area (Å²) in [6.45, 7) is -2.19. The lowest BCUT2D eigenvalue weighted by Crippen LogP contribution is -2.64. The number of hydrogen-bond donors (Lipinski definition) is 28. The Labute approximate surface area is 872 Å². The Morgan fingerprint density at radius 1 is 0.369 bits per heavy atom. The van der Waals surface area contributed by atoms with E-state index in [-0.39, 0.29) is 210 Å². The van der Waals surface area contributed by atoms with Crippen LogP contribution in [0.1, 0.15) is 203 Å². The number of amides is 14. The molecular weight excluding hydrogens is 2040 g/mol. The molecule has 28 N–H and O–H groups in total. The van der Waals surface area contributed by atoms with Crippen LogP contribution < -0.4 is 79.2 Å². The normalized spacial score (nSPS) is 24.6. The van der Waals surface area contributed by atoms with Crippen LogP contribution in [0.25, 0.3) is 0 Å². The fraction of sp³-hybridized carbons (Fsp3) is 0.772. The molecule has 22 unspecified atom stereocenters. The molecule has 4 saturated heterocycles. The highest BCUT2D eigenvalue weighted by atomic mass is 32.5. The van der Waals surface area contributed by atoms with Gasteiger partial charge in [-0.25, -0.2) is 0 Å². The Hall–Kier alpha value is -8.85. The Balaban J connectivity index is 1.26. The van der Waals surface area contributed by atoms with E-state index in [0.717, 1.165) is 11.8 Å². The van der Waals surface area contributed by atoms with E-state index in [0.29, 0.717) is 70.0 Å². The second-order valence-electron chi connectivity index (χ2n) is 35.9. The van der Waals surface area contributed by atoms with E-state index in [2.05, 4.69) is 74.4 Å². The zero-order valence-electron chi connectivity index (χ0n) is 84.6. The monoisotopic (exact) mass is 2190 g/mol. The van der Waals surface area contributed by atoms with Crippen LogP contribution in [0.4, 0.5) is 0 Å². The zero-order valence-corrected chi connectivity index (χ0v) is 87.1. The van der Waals surface area contributed by atoms with Crippen LogP contribution in [0.2, 0.25) is 0 Å². The van der Waals surface area contributed by atoms with Crippen molar-refractivity contribution in [3.05, 3.63) is 29.3 Å². The summed E-state index contributed by atoms with van der Waals surface area (Å²) in [6, 6.07) is -3.29. The fourth-order valence-corrected chi connectivity index (χ4v) is 17.6. The summed E-state index contributed by atoms with van der Waals surface area (Å²) in [4.78, 5) is 205. The van der Waals surface area contributed by atoms with Crippen molar-refractivity contribution in [3.63, 3.8) is 0 Å². The topological polar surface area (TPSA) is 809 Å². The molecule has 57 heteroatoms. The van der Waals surface area contributed by atoms with Crippen LogP contribution in [0.15, 0.2) is 18.2 Å². The van der Waals surface area contributed by atoms with Gasteiger partial charge in [-0.2, -0.15) is 0 Å². The molecule has 0 radical (unpaired) electrons. The van der Waals surface area contributed by atoms with Crippen molar-refractivity contribution in [1.82, 2.24) is 74.4 Å². The number of ether oxygens (including phenoxy) is 9. The predicted octanol–water partition coefficient (Wildman–Crippen LogP) is -7.54. The summed E-state index contributed by atoms with van der Waals surface area (Å²) in [5.41, 5.74) is -0.281. The van der Waals surface area contributed by atoms with Gasteiger partial charge in [0.15, 0.2) is 25.2 Å². The van der Waals surface area contributed by atoms with Gasteiger partial charge in [0.05, 0.1) is 51.2 Å². The van der Waals surface area contributed by atoms with Crippen LogP contribution in [0.5, 0.6) is 5.75 Å². The molecule has 850 valence electrons. The minimum absolute atomic E-state index is 0.00657. The molecule has 24 atom stereocenters. The first-order valence-electron chi connectivity index (χ1n) is 50.0. The number of carbonyl (C=O) groups excluding carboxylic acids is 14. The van der Waals surface area contributed by atoms with Gasteiger partial charge in [-0.15, -0.1) is 11.8 Å². The van der Waals surface area contributed by atoms with Gasteiger partial charge in [0.2, 0.25) is 70.9 Å². The van der Waals surface area contributed by atoms with Crippen LogP contribution in [0, 0.1) is 0 Å². The first-order chi connectivity index (χ1) is 71.0. The molecule has 4 aliphatic heterocycles. The maximum absolute atomic E-state index is 14.2. The van der Waals surface area contributed by atoms with Gasteiger partial charge in [-0.3, -0.25) is 71.9 Å². The number of unbranched alkanes of at least 4 members (excludes halogenated alkanes) is 8. The Morgan fingerprint density at radius 3 is 1.02 bits per heavy atom. The number of aliphatic carboxylic acids is 1. The standard InChI is InChI=1S/C92H155N14O40PS2/c1-52(111)101-72-80(126)76(122)61(48-107)143-89(72)138-37-17-10-25-66(115)93-29-15-8-22-59(105-69(118)27-12-19-39-140-91-74(103-54(3)113)82(128)78(124)63(50-109)145-91)86(132)99-34-32-97-84(130)56-44-57(46-58(45-56)137-42-36-95-68(117)24-7-6-14-31-96-88(134)65(47-71(120)121)149-43-21-41-142-147(135,148)136-5)85(131)98-33-35-100-87(133)60(106-70(119)28-13-20-40-141-92-75(104-55(4)114)83(129)79(125)64(51-110)146-92)23-9-16-30-94-67(116)26-11-18-38-139-90-73(102-53(2)112)81(127)77(123)62(49-108)144-90/h44-46,59-65,72-83,89-92,107-110,122-129H,6-43,47-51H2,1-5H3,(H,93,115)(H,94,116)(H,95,117)(H,96,134)(H,97,130)(H,98,131)(H,99,132)(H,100,133)(H,101,111)(H,102,112)(H,103,113)(H,104,114)(H,105,118)(H,106,119)(H,120,121)(H,135,148)/t59-,60-,61?,62?,63?,64?,65?,72?,73?,74?,75?,76?,77?,78?,79?,80?,81?,82?,83?,89?,90?,91?,92?,147?/m0/s1. The molecule has 1 aromatic carbocycles. The molecule has 0 aliphatic carbocycles. The Kier molecular flexibility index (Phi) is 63.0. The van der Waals surface area contributed by atoms with Crippen molar-refractivity contribution in [1.29, 1.82) is 0 Å². The number of thioether (sulfide) groups is 1. The van der Waals surface area contributed by atoms with Crippen LogP contribution in [0.3, 0.4) is 0 Å². The van der Waals surface area contributed by atoms with Gasteiger partial charge in [0.25, 0.3) is 11.8 Å². The van der Waals surface area contributed by atoms with Crippen molar-refractivity contribution in [2.24, 2.45) is 0 Å². The number of aliphatic hydroxyl groups excluding tert-OH is 12. The summed E-state index contributed by atoms with van der Waals surface area (Å²) in [7, 11) is 1.20. The molecule has 0 bridgehead atoms. The van der Waals surface area contributed by atoms with Gasteiger partial charge in [0, 0.05) is 150 Å². The second-order valence-corrected chi connectivity index (χ2v) is 40.2. The van der Waals surface area contributed by atoms with Crippen molar-refractivity contribution in [2.75, 3.05) is 131 Å². The smallest absolute Gasteiger partial charge is 0.324 e. The first kappa shape index (κ1) is 131. The minimum Gasteiger partial charge on any atom is -0.492 e. The van der Waals surface area contributed by atoms with Gasteiger partial charge >= 0.3 is 12.7 Å². The molecule has 54 nitrogen and oxygen atoms in total. The lowest BCUT2D eigenvalue weighted by atomic mass is 9.97. The molecule has 0 saturated carbocycles. The number of hydrogen-bond acceptors (Lipinski definition) is 40. The third-order valence-electron chi connectivity index (χ3n) is 23.8. The molecule has 4 heterocycles. The third-order valence-corrected chi connectivity index (χ3v) is 26.8. The summed E-state index contributed by atoms with van der Waals surface area (Å²) < 4.78 is 61.4. The molecule has 1 aromatic rings. The molecule has 4 aliphatic rings. The van der Waals surface area contributed by atoms with E-state index in [1.165, 1.54) is 53.0 Å². The van der Waals surface area contributed by atoms with Crippen molar-refractivity contribution in [3.8, 4) is 5.75 Å². The zero-order chi connectivity index (χ0) is 110. The van der Waals surface area contributed by atoms with Gasteiger partial charge in [-0.05, 0) is 145 Å². The number of carbonyl (C=O) groups is 15. The summed E-state index contributed by atoms with van der Waals surface area (Å²) in [5, 5.41) is 169. The van der Waals surface area contributed by atoms with Crippen molar-refractivity contribution >= 4 is 119 Å². The van der Waals surface area contributed by atoms with Gasteiger partial charge in [0.1, 0.15) is 122 Å². The van der Waals surface area contributed by atoms with Gasteiger partial charge in [-0.1, -0.05) is 6.42 Å². The second kappa shape index (κ2) is 71.9. The van der Waals surface area contributed by atoms with E-state index < -0.39 is 250 Å². The summed E-state index contributed by atoms with van der Waals surface area (Å²) >= 11 is 5.91. The number of nitrogens with one attached hydrogen (secondary N) is 14. The molecule has 4 fully saturated rings. The Bertz CT molecular complexity index is 4140.